The van der Waals surface area contributed by atoms with Crippen molar-refractivity contribution in [2.45, 2.75) is 50.7 Å². The Hall–Kier alpha value is -12.6. The molecule has 12 heteroatoms. The highest BCUT2D eigenvalue weighted by molar-refractivity contribution is 9.10. The van der Waals surface area contributed by atoms with Crippen LogP contribution in [0.15, 0.2) is 332 Å². The normalized spacial score (nSPS) is 13.4. The van der Waals surface area contributed by atoms with E-state index >= 15 is 0 Å². The van der Waals surface area contributed by atoms with E-state index in [0.717, 1.165) is 37.1 Å². The second kappa shape index (κ2) is 28.1. The quantitative estimate of drug-likeness (QED) is 0.0493. The van der Waals surface area contributed by atoms with E-state index in [9.17, 15) is 20.2 Å². The zero-order valence-corrected chi connectivity index (χ0v) is 66.9. The number of nitro benzene ring substituents is 2. The van der Waals surface area contributed by atoms with Crippen LogP contribution in [0.2, 0.25) is 0 Å². The van der Waals surface area contributed by atoms with Gasteiger partial charge in [0.1, 0.15) is 4.84 Å². The lowest BCUT2D eigenvalue weighted by Crippen LogP contribution is -2.41. The van der Waals surface area contributed by atoms with Gasteiger partial charge in [0.25, 0.3) is 11.4 Å². The molecule has 1 saturated heterocycles. The Morgan fingerprint density at radius 1 is 0.293 bits per heavy atom. The van der Waals surface area contributed by atoms with Crippen LogP contribution >= 0.6 is 39.1 Å². The molecule has 1 aliphatic rings. The maximum atomic E-state index is 12.2. The fourth-order valence-corrected chi connectivity index (χ4v) is 19.4. The number of nitro groups is 2. The third-order valence-electron chi connectivity index (χ3n) is 24.3. The van der Waals surface area contributed by atoms with Crippen molar-refractivity contribution < 1.29 is 19.2 Å². The Bertz CT molecular complexity index is 7700. The minimum atomic E-state index is -0.698. The summed E-state index contributed by atoms with van der Waals surface area (Å²) in [6.45, 7) is 9.37. The van der Waals surface area contributed by atoms with E-state index in [-0.39, 0.29) is 21.1 Å². The van der Waals surface area contributed by atoms with Crippen molar-refractivity contribution >= 4 is 214 Å². The fraction of sp³-hybridized carbons (Fsp3) is 0.0769. The van der Waals surface area contributed by atoms with E-state index in [2.05, 4.69) is 295 Å². The topological polar surface area (TPSA) is 105 Å². The molecule has 22 aromatic rings. The smallest absolute Gasteiger partial charge is 0.399 e. The minimum Gasteiger partial charge on any atom is -0.399 e. The Morgan fingerprint density at radius 2 is 0.595 bits per heavy atom. The van der Waals surface area contributed by atoms with Gasteiger partial charge < -0.3 is 9.31 Å². The molecule has 0 amide bonds. The molecule has 1 aliphatic heterocycles. The molecule has 0 atom stereocenters. The zero-order chi connectivity index (χ0) is 79.2. The van der Waals surface area contributed by atoms with Gasteiger partial charge in [-0.1, -0.05) is 307 Å². The van der Waals surface area contributed by atoms with Gasteiger partial charge in [-0.15, -0.1) is 23.2 Å². The molecule has 22 aromatic carbocycles. The van der Waals surface area contributed by atoms with Crippen molar-refractivity contribution in [2.75, 3.05) is 0 Å². The molecule has 0 aromatic heterocycles. The lowest BCUT2D eigenvalue weighted by atomic mass is 9.78. The van der Waals surface area contributed by atoms with Crippen LogP contribution in [0.3, 0.4) is 0 Å². The van der Waals surface area contributed by atoms with Crippen LogP contribution in [0.25, 0.3) is 206 Å². The van der Waals surface area contributed by atoms with Crippen LogP contribution in [-0.2, 0) is 9.31 Å². The van der Waals surface area contributed by atoms with Gasteiger partial charge >= 0.3 is 7.12 Å². The number of alkyl halides is 2. The highest BCUT2D eigenvalue weighted by Crippen LogP contribution is 2.58. The maximum absolute atomic E-state index is 12.2. The number of rotatable bonds is 8. The summed E-state index contributed by atoms with van der Waals surface area (Å²) in [6.07, 6.45) is 0. The number of hydrogen-bond donors (Lipinski definition) is 0. The summed E-state index contributed by atoms with van der Waals surface area (Å²) in [7, 11) is -0.698. The van der Waals surface area contributed by atoms with Crippen molar-refractivity contribution in [3.8, 4) is 55.6 Å². The molecule has 0 bridgehead atoms. The van der Waals surface area contributed by atoms with E-state index in [4.69, 9.17) is 32.5 Å². The molecule has 0 N–H and O–H groups in total. The van der Waals surface area contributed by atoms with E-state index < -0.39 is 23.2 Å². The summed E-state index contributed by atoms with van der Waals surface area (Å²) >= 11 is 14.0. The van der Waals surface area contributed by atoms with Crippen molar-refractivity contribution in [2.24, 2.45) is 0 Å². The molecule has 116 heavy (non-hydrogen) atoms. The molecule has 23 rings (SSSR count). The third kappa shape index (κ3) is 11.3. The first-order chi connectivity index (χ1) is 56.5. The van der Waals surface area contributed by atoms with Crippen molar-refractivity contribution in [1.82, 2.24) is 0 Å². The lowest BCUT2D eigenvalue weighted by molar-refractivity contribution is -0.384. The predicted molar refractivity (Wildman–Crippen MR) is 494 cm³/mol. The average Bonchev–Trinajstić information content (AvgIpc) is 1.50. The first-order valence-corrected chi connectivity index (χ1v) is 40.6. The highest BCUT2D eigenvalue weighted by atomic mass is 79.9. The van der Waals surface area contributed by atoms with Gasteiger partial charge in [-0.05, 0) is 260 Å². The average molecular weight is 1610 g/mol. The molecule has 0 radical (unpaired) electrons. The van der Waals surface area contributed by atoms with Crippen molar-refractivity contribution in [3.05, 3.63) is 352 Å². The number of benzene rings is 18. The molecular formula is C104H70BBrCl2N2O6. The van der Waals surface area contributed by atoms with Gasteiger partial charge in [-0.2, -0.15) is 0 Å². The van der Waals surface area contributed by atoms with E-state index in [1.165, 1.54) is 174 Å². The second-order valence-electron chi connectivity index (χ2n) is 31.1. The Balaban J connectivity index is 0.000000120. The molecular weight excluding hydrogens is 1530 g/mol. The van der Waals surface area contributed by atoms with Gasteiger partial charge in [0.15, 0.2) is 0 Å². The number of para-hydroxylation sites is 2. The first kappa shape index (κ1) is 72.3. The van der Waals surface area contributed by atoms with Crippen molar-refractivity contribution in [3.63, 3.8) is 0 Å². The third-order valence-corrected chi connectivity index (χ3v) is 25.0. The highest BCUT2D eigenvalue weighted by Gasteiger charge is 2.53. The largest absolute Gasteiger partial charge is 0.501 e. The number of halogens is 3. The van der Waals surface area contributed by atoms with Gasteiger partial charge in [0.05, 0.1) is 32.1 Å². The van der Waals surface area contributed by atoms with Crippen LogP contribution in [-0.4, -0.2) is 33.0 Å². The Morgan fingerprint density at radius 3 is 1.03 bits per heavy atom. The minimum absolute atomic E-state index is 0.0241. The van der Waals surface area contributed by atoms with E-state index in [1.54, 1.807) is 37.3 Å². The number of hydrogen-bond acceptors (Lipinski definition) is 6. The summed E-state index contributed by atoms with van der Waals surface area (Å²) in [5.41, 5.74) is 11.0. The van der Waals surface area contributed by atoms with Crippen LogP contribution in [0.1, 0.15) is 34.6 Å². The molecule has 0 spiro atoms. The maximum Gasteiger partial charge on any atom is 0.501 e. The van der Waals surface area contributed by atoms with Crippen molar-refractivity contribution in [1.29, 1.82) is 0 Å². The first-order valence-electron chi connectivity index (χ1n) is 39.0. The van der Waals surface area contributed by atoms with Gasteiger partial charge in [0.2, 0.25) is 0 Å². The molecule has 0 unspecified atom stereocenters. The fourth-order valence-electron chi connectivity index (χ4n) is 18.9. The summed E-state index contributed by atoms with van der Waals surface area (Å²) in [5, 5.41) is 58.8. The van der Waals surface area contributed by atoms with Crippen LogP contribution in [0.4, 0.5) is 11.4 Å². The molecule has 0 saturated carbocycles. The molecule has 1 fully saturated rings. The van der Waals surface area contributed by atoms with E-state index in [0.29, 0.717) is 11.0 Å². The molecule has 1 heterocycles. The van der Waals surface area contributed by atoms with Crippen LogP contribution in [0.5, 0.6) is 0 Å². The molecule has 556 valence electrons. The predicted octanol–water partition coefficient (Wildman–Crippen LogP) is 30.0. The number of fused-ring (bicyclic) bond motifs is 16. The van der Waals surface area contributed by atoms with Crippen LogP contribution < -0.4 is 5.46 Å². The Labute approximate surface area is 686 Å². The zero-order valence-electron chi connectivity index (χ0n) is 63.8. The standard InChI is InChI=1S/C48H27NO2.C42H23Br.C12H16BNO4.C2H4Cl2/c50-49(51)41-24-10-9-19-33(41)32-25-26-38-44-35(32)21-12-23-37(44)47-42(28-13-3-1-4-14-28)40-27-39-31-18-8-7-17-30(31)34-20-11-22-36(45(34)39)46(40)43(48(38)47)29-15-5-2-6-16-29;43-35-22-21-32-39-29(35)18-10-20-31(39)41-36(24-11-3-1-4-12-24)34-23-33-27-16-8-7-15-26(27)28-17-9-19-30(38(28)33)40(34)37(42(32)41)25-13-5-2-6-14-25;1-11(2)12(3,4)18-13(17-11)9-7-5-6-8-10(9)14(15)16;1-2(3)4/h1-27H;1-23H;5-8H,1-4H3;2H,1H3. The van der Waals surface area contributed by atoms with Gasteiger partial charge in [-0.25, -0.2) is 0 Å². The summed E-state index contributed by atoms with van der Waals surface area (Å²) < 4.78 is 12.8. The van der Waals surface area contributed by atoms with Crippen LogP contribution in [0, 0.1) is 20.2 Å². The lowest BCUT2D eigenvalue weighted by Gasteiger charge is -2.32. The van der Waals surface area contributed by atoms with E-state index in [1.807, 2.05) is 39.8 Å². The Kier molecular flexibility index (Phi) is 17.5. The van der Waals surface area contributed by atoms with Gasteiger partial charge in [-0.3, -0.25) is 20.2 Å². The molecule has 0 aliphatic carbocycles. The molecule has 8 nitrogen and oxygen atoms in total. The number of nitrogens with zero attached hydrogens (tertiary/aromatic N) is 2. The van der Waals surface area contributed by atoms with Gasteiger partial charge in [0, 0.05) is 16.6 Å². The summed E-state index contributed by atoms with van der Waals surface area (Å²) in [6, 6.07) is 116. The second-order valence-corrected chi connectivity index (χ2v) is 33.5. The summed E-state index contributed by atoms with van der Waals surface area (Å²) in [5.74, 6) is 0. The SMILES string of the molecule is Brc1ccc2c3c(-c4ccccc4)c4c(cc5c6ccccc6c6cccc4c65)c(-c4ccccc4)c3c3cccc1c32.CC(Cl)Cl.CC1(C)OB(c2ccccc2[N+](=O)[O-])OC1(C)C.O=[N+]([O-])c1ccccc1-c1ccc2c3c(-c4ccccc4)c4c(cc5c6ccccc6c6cccc4c65)c(-c4ccccc4)c3c3cccc1c32. The monoisotopic (exact) mass is 1600 g/mol. The summed E-state index contributed by atoms with van der Waals surface area (Å²) in [4.78, 5) is 22.3.